The molecule has 1 aliphatic heterocycles. The fourth-order valence-electron chi connectivity index (χ4n) is 1.98. The molecule has 1 aromatic rings. The number of rotatable bonds is 4. The highest BCUT2D eigenvalue weighted by Crippen LogP contribution is 2.20. The van der Waals surface area contributed by atoms with E-state index < -0.39 is 18.7 Å². The third kappa shape index (κ3) is 4.34. The Morgan fingerprint density at radius 2 is 2.23 bits per heavy atom. The first kappa shape index (κ1) is 16.1. The number of alkyl halides is 3. The van der Waals surface area contributed by atoms with Gasteiger partial charge in [0.1, 0.15) is 0 Å². The maximum Gasteiger partial charge on any atom is 0.422 e. The normalized spacial score (nSPS) is 18.5. The highest BCUT2D eigenvalue weighted by atomic mass is 19.4. The molecular weight excluding hydrogens is 303 g/mol. The smallest absolute Gasteiger partial charge is 0.422 e. The van der Waals surface area contributed by atoms with Gasteiger partial charge in [-0.1, -0.05) is 0 Å². The number of anilines is 1. The van der Waals surface area contributed by atoms with E-state index in [2.05, 4.69) is 15.0 Å². The number of carbonyl (C=O) groups excluding carboxylic acids is 2. The van der Waals surface area contributed by atoms with Crippen LogP contribution in [0.25, 0.3) is 0 Å². The number of carbonyl (C=O) groups is 2. The van der Waals surface area contributed by atoms with Crippen LogP contribution in [-0.4, -0.2) is 48.1 Å². The van der Waals surface area contributed by atoms with Gasteiger partial charge in [-0.15, -0.1) is 0 Å². The molecule has 0 unspecified atom stereocenters. The zero-order chi connectivity index (χ0) is 16.3. The second-order valence-electron chi connectivity index (χ2n) is 4.95. The molecule has 1 aliphatic rings. The van der Waals surface area contributed by atoms with Gasteiger partial charge in [0.05, 0.1) is 17.8 Å². The van der Waals surface area contributed by atoms with Crippen molar-refractivity contribution in [1.29, 1.82) is 0 Å². The molecule has 120 valence electrons. The number of amides is 2. The summed E-state index contributed by atoms with van der Waals surface area (Å²) in [5, 5.41) is 2.57. The average Bonchev–Trinajstić information content (AvgIpc) is 2.77. The fraction of sp³-hybridized carbons (Fsp3) is 0.462. The summed E-state index contributed by atoms with van der Waals surface area (Å²) in [6.07, 6.45) is -3.10. The van der Waals surface area contributed by atoms with Crippen LogP contribution in [0, 0.1) is 5.92 Å². The maximum absolute atomic E-state index is 12.0. The number of pyridine rings is 1. The molecule has 22 heavy (non-hydrogen) atoms. The number of nitrogens with one attached hydrogen (secondary N) is 1. The van der Waals surface area contributed by atoms with Crippen molar-refractivity contribution >= 4 is 17.5 Å². The third-order valence-electron chi connectivity index (χ3n) is 3.10. The Balaban J connectivity index is 1.88. The lowest BCUT2D eigenvalue weighted by atomic mass is 10.1. The van der Waals surface area contributed by atoms with Gasteiger partial charge < -0.3 is 15.0 Å². The molecule has 9 heteroatoms. The molecule has 0 saturated carbocycles. The van der Waals surface area contributed by atoms with E-state index in [1.165, 1.54) is 23.2 Å². The molecular formula is C13H14F3N3O3. The van der Waals surface area contributed by atoms with Gasteiger partial charge in [-0.3, -0.25) is 9.59 Å². The molecule has 6 nitrogen and oxygen atoms in total. The van der Waals surface area contributed by atoms with Crippen LogP contribution in [0.4, 0.5) is 18.9 Å². The molecule has 1 N–H and O–H groups in total. The van der Waals surface area contributed by atoms with Crippen molar-refractivity contribution in [2.24, 2.45) is 5.92 Å². The molecule has 1 atom stereocenters. The molecule has 0 aliphatic carbocycles. The van der Waals surface area contributed by atoms with Crippen molar-refractivity contribution in [2.45, 2.75) is 12.6 Å². The van der Waals surface area contributed by atoms with E-state index in [9.17, 15) is 22.8 Å². The average molecular weight is 317 g/mol. The third-order valence-corrected chi connectivity index (χ3v) is 3.10. The molecule has 2 heterocycles. The number of halogens is 3. The highest BCUT2D eigenvalue weighted by molar-refractivity contribution is 5.97. The summed E-state index contributed by atoms with van der Waals surface area (Å²) < 4.78 is 40.4. The lowest BCUT2D eigenvalue weighted by Gasteiger charge is -2.11. The van der Waals surface area contributed by atoms with Crippen LogP contribution in [0.3, 0.4) is 0 Å². The van der Waals surface area contributed by atoms with Crippen LogP contribution in [0.1, 0.15) is 6.42 Å². The summed E-state index contributed by atoms with van der Waals surface area (Å²) in [7, 11) is 1.62. The Kier molecular flexibility index (Phi) is 4.53. The van der Waals surface area contributed by atoms with Gasteiger partial charge >= 0.3 is 6.18 Å². The Hall–Kier alpha value is -2.32. The van der Waals surface area contributed by atoms with Crippen molar-refractivity contribution in [3.8, 4) is 5.88 Å². The lowest BCUT2D eigenvalue weighted by molar-refractivity contribution is -0.154. The first-order valence-electron chi connectivity index (χ1n) is 6.45. The van der Waals surface area contributed by atoms with Crippen LogP contribution in [0.15, 0.2) is 18.3 Å². The van der Waals surface area contributed by atoms with E-state index in [-0.39, 0.29) is 24.1 Å². The van der Waals surface area contributed by atoms with Crippen molar-refractivity contribution < 1.29 is 27.5 Å². The van der Waals surface area contributed by atoms with Gasteiger partial charge in [0.2, 0.25) is 17.7 Å². The summed E-state index contributed by atoms with van der Waals surface area (Å²) in [5.74, 6) is -1.07. The molecule has 1 saturated heterocycles. The van der Waals surface area contributed by atoms with Crippen LogP contribution in [-0.2, 0) is 9.59 Å². The van der Waals surface area contributed by atoms with E-state index in [1.54, 1.807) is 7.05 Å². The number of aromatic nitrogens is 1. The second-order valence-corrected chi connectivity index (χ2v) is 4.95. The number of nitrogens with zero attached hydrogens (tertiary/aromatic N) is 2. The summed E-state index contributed by atoms with van der Waals surface area (Å²) in [5.41, 5.74) is 0.325. The van der Waals surface area contributed by atoms with Gasteiger partial charge in [-0.25, -0.2) is 4.98 Å². The van der Waals surface area contributed by atoms with Crippen molar-refractivity contribution in [2.75, 3.05) is 25.5 Å². The summed E-state index contributed by atoms with van der Waals surface area (Å²) >= 11 is 0. The lowest BCUT2D eigenvalue weighted by Crippen LogP contribution is -2.25. The number of hydrogen-bond donors (Lipinski definition) is 1. The van der Waals surface area contributed by atoms with Gasteiger partial charge in [0.15, 0.2) is 6.61 Å². The predicted molar refractivity (Wildman–Crippen MR) is 70.2 cm³/mol. The molecule has 1 aromatic heterocycles. The minimum absolute atomic E-state index is 0.103. The van der Waals surface area contributed by atoms with Crippen LogP contribution in [0.2, 0.25) is 0 Å². The zero-order valence-corrected chi connectivity index (χ0v) is 11.7. The predicted octanol–water partition coefficient (Wildman–Crippen LogP) is 1.44. The first-order valence-corrected chi connectivity index (χ1v) is 6.45. The van der Waals surface area contributed by atoms with Gasteiger partial charge in [0, 0.05) is 26.1 Å². The summed E-state index contributed by atoms with van der Waals surface area (Å²) in [4.78, 5) is 28.5. The number of ether oxygens (including phenoxy) is 1. The molecule has 2 amide bonds. The van der Waals surface area contributed by atoms with Gasteiger partial charge in [-0.2, -0.15) is 13.2 Å². The molecule has 0 bridgehead atoms. The highest BCUT2D eigenvalue weighted by Gasteiger charge is 2.32. The maximum atomic E-state index is 12.0. The second kappa shape index (κ2) is 6.20. The quantitative estimate of drug-likeness (QED) is 0.912. The Morgan fingerprint density at radius 3 is 2.73 bits per heavy atom. The molecule has 2 rings (SSSR count). The fourth-order valence-corrected chi connectivity index (χ4v) is 1.98. The van der Waals surface area contributed by atoms with E-state index in [1.807, 2.05) is 0 Å². The molecule has 0 aromatic carbocycles. The van der Waals surface area contributed by atoms with Crippen LogP contribution in [0.5, 0.6) is 5.88 Å². The minimum atomic E-state index is -4.43. The van der Waals surface area contributed by atoms with Crippen molar-refractivity contribution in [3.05, 3.63) is 18.3 Å². The molecule has 0 radical (unpaired) electrons. The first-order chi connectivity index (χ1) is 10.2. The van der Waals surface area contributed by atoms with Gasteiger partial charge in [-0.05, 0) is 6.07 Å². The van der Waals surface area contributed by atoms with E-state index >= 15 is 0 Å². The SMILES string of the molecule is CN1C[C@@H](C(=O)Nc2ccc(OCC(F)(F)F)nc2)CC1=O. The van der Waals surface area contributed by atoms with E-state index in [0.717, 1.165) is 0 Å². The minimum Gasteiger partial charge on any atom is -0.468 e. The van der Waals surface area contributed by atoms with Crippen molar-refractivity contribution in [3.63, 3.8) is 0 Å². The van der Waals surface area contributed by atoms with E-state index in [0.29, 0.717) is 12.2 Å². The topological polar surface area (TPSA) is 71.5 Å². The van der Waals surface area contributed by atoms with E-state index in [4.69, 9.17) is 0 Å². The standard InChI is InChI=1S/C13H14F3N3O3/c1-19-6-8(4-11(19)20)12(21)18-9-2-3-10(17-5-9)22-7-13(14,15)16/h2-3,5,8H,4,6-7H2,1H3,(H,18,21)/t8-/m0/s1. The molecule has 1 fully saturated rings. The van der Waals surface area contributed by atoms with Crippen LogP contribution >= 0.6 is 0 Å². The van der Waals surface area contributed by atoms with Gasteiger partial charge in [0.25, 0.3) is 0 Å². The Bertz CT molecular complexity index is 560. The summed E-state index contributed by atoms with van der Waals surface area (Å²) in [6.45, 7) is -1.09. The van der Waals surface area contributed by atoms with Crippen molar-refractivity contribution in [1.82, 2.24) is 9.88 Å². The Labute approximate surface area is 124 Å². The Morgan fingerprint density at radius 1 is 1.50 bits per heavy atom. The van der Waals surface area contributed by atoms with Crippen LogP contribution < -0.4 is 10.1 Å². The molecule has 0 spiro atoms. The zero-order valence-electron chi connectivity index (χ0n) is 11.7. The largest absolute Gasteiger partial charge is 0.468 e. The monoisotopic (exact) mass is 317 g/mol. The number of hydrogen-bond acceptors (Lipinski definition) is 4. The summed E-state index contributed by atoms with van der Waals surface area (Å²) in [6, 6.07) is 2.62. The number of likely N-dealkylation sites (tertiary alicyclic amines) is 1.